The van der Waals surface area contributed by atoms with E-state index >= 15 is 0 Å². The molecule has 0 aromatic rings. The molecule has 0 aromatic heterocycles. The topological polar surface area (TPSA) is 25.1 Å². The minimum Gasteiger partial charge on any atom is -0.377 e. The van der Waals surface area contributed by atoms with Crippen molar-refractivity contribution in [2.75, 3.05) is 13.2 Å². The van der Waals surface area contributed by atoms with Crippen LogP contribution in [-0.4, -0.2) is 24.9 Å². The van der Waals surface area contributed by atoms with E-state index in [2.05, 4.69) is 9.47 Å². The Balaban J connectivity index is 0.0000000907. The lowest BCUT2D eigenvalue weighted by Crippen LogP contribution is -1.69. The number of rotatable bonds is 0. The Labute approximate surface area is 53.7 Å². The predicted octanol–water partition coefficient (Wildman–Crippen LogP) is 0.987. The predicted molar refractivity (Wildman–Crippen MR) is 31.0 cm³/mol. The van der Waals surface area contributed by atoms with Gasteiger partial charge < -0.3 is 9.47 Å². The first kappa shape index (κ1) is 6.33. The zero-order valence-electron chi connectivity index (χ0n) is 4.76. The van der Waals surface area contributed by atoms with Crippen LogP contribution in [0.25, 0.3) is 0 Å². The molecule has 0 N–H and O–H groups in total. The summed E-state index contributed by atoms with van der Waals surface area (Å²) in [4.78, 5) is 0. The van der Waals surface area contributed by atoms with E-state index < -0.39 is 0 Å². The second-order valence-corrected chi connectivity index (χ2v) is 2.23. The summed E-state index contributed by atoms with van der Waals surface area (Å²) in [5, 5.41) is 0. The molecule has 48 valence electrons. The van der Waals surface area contributed by atoms with Gasteiger partial charge >= 0.3 is 0 Å². The highest BCUT2D eigenvalue weighted by atomic mass is 35.5. The Morgan fingerprint density at radius 3 is 1.75 bits per heavy atom. The van der Waals surface area contributed by atoms with Gasteiger partial charge in [-0.05, 0) is 6.92 Å². The second kappa shape index (κ2) is 2.67. The molecular formula is C5H9ClO2. The largest absolute Gasteiger partial charge is 0.377 e. The van der Waals surface area contributed by atoms with E-state index in [0.717, 1.165) is 13.2 Å². The molecule has 2 fully saturated rings. The van der Waals surface area contributed by atoms with Crippen LogP contribution in [-0.2, 0) is 9.47 Å². The number of halogens is 1. The van der Waals surface area contributed by atoms with Crippen molar-refractivity contribution in [1.82, 2.24) is 0 Å². The molecule has 8 heavy (non-hydrogen) atoms. The molecule has 0 spiro atoms. The molecule has 2 aliphatic rings. The Bertz CT molecular complexity index is 66.1. The van der Waals surface area contributed by atoms with E-state index in [0.29, 0.717) is 6.10 Å². The molecule has 0 radical (unpaired) electrons. The third-order valence-corrected chi connectivity index (χ3v) is 1.30. The standard InChI is InChI=1S/C3H5ClO.C2H4O/c1-2-3(4)5-2;1-2-3-1/h2-3H,1H3;1-2H2. The van der Waals surface area contributed by atoms with Crippen LogP contribution in [0, 0.1) is 0 Å². The van der Waals surface area contributed by atoms with Crippen molar-refractivity contribution in [3.05, 3.63) is 0 Å². The third kappa shape index (κ3) is 3.24. The minimum atomic E-state index is 0.0231. The van der Waals surface area contributed by atoms with Crippen LogP contribution in [0.15, 0.2) is 0 Å². The van der Waals surface area contributed by atoms with Crippen molar-refractivity contribution in [2.24, 2.45) is 0 Å². The third-order valence-electron chi connectivity index (χ3n) is 0.841. The lowest BCUT2D eigenvalue weighted by atomic mass is 10.6. The van der Waals surface area contributed by atoms with Crippen LogP contribution >= 0.6 is 11.6 Å². The maximum atomic E-state index is 5.31. The van der Waals surface area contributed by atoms with Crippen LogP contribution in [0.2, 0.25) is 0 Å². The normalized spacial score (nSPS) is 39.8. The SMILES string of the molecule is C1CO1.CC1OC1Cl. The Morgan fingerprint density at radius 2 is 1.75 bits per heavy atom. The zero-order valence-corrected chi connectivity index (χ0v) is 5.52. The van der Waals surface area contributed by atoms with Crippen LogP contribution in [0.1, 0.15) is 6.92 Å². The molecule has 0 aromatic carbocycles. The van der Waals surface area contributed by atoms with Crippen molar-refractivity contribution < 1.29 is 9.47 Å². The van der Waals surface area contributed by atoms with Crippen molar-refractivity contribution in [1.29, 1.82) is 0 Å². The van der Waals surface area contributed by atoms with Gasteiger partial charge in [-0.2, -0.15) is 0 Å². The molecule has 2 saturated heterocycles. The van der Waals surface area contributed by atoms with E-state index in [9.17, 15) is 0 Å². The zero-order chi connectivity index (χ0) is 5.98. The van der Waals surface area contributed by atoms with Crippen molar-refractivity contribution in [3.8, 4) is 0 Å². The summed E-state index contributed by atoms with van der Waals surface area (Å²) in [5.74, 6) is 0. The fourth-order valence-corrected chi connectivity index (χ4v) is 0.322. The molecule has 2 atom stereocenters. The average Bonchev–Trinajstić information content (AvgIpc) is 2.44. The maximum Gasteiger partial charge on any atom is 0.157 e. The number of alkyl halides is 1. The summed E-state index contributed by atoms with van der Waals surface area (Å²) in [6.45, 7) is 3.94. The summed E-state index contributed by atoms with van der Waals surface area (Å²) in [6, 6.07) is 0. The fourth-order valence-electron chi connectivity index (χ4n) is 0.160. The van der Waals surface area contributed by atoms with Gasteiger partial charge in [-0.1, -0.05) is 11.6 Å². The molecule has 2 nitrogen and oxygen atoms in total. The Hall–Kier alpha value is 0.210. The van der Waals surface area contributed by atoms with E-state index in [1.54, 1.807) is 0 Å². The molecule has 0 saturated carbocycles. The fraction of sp³-hybridized carbons (Fsp3) is 1.00. The van der Waals surface area contributed by atoms with Crippen LogP contribution in [0.4, 0.5) is 0 Å². The smallest absolute Gasteiger partial charge is 0.157 e. The number of epoxide rings is 2. The average molecular weight is 137 g/mol. The maximum absolute atomic E-state index is 5.31. The van der Waals surface area contributed by atoms with Gasteiger partial charge in [-0.3, -0.25) is 0 Å². The van der Waals surface area contributed by atoms with Crippen LogP contribution in [0.3, 0.4) is 0 Å². The van der Waals surface area contributed by atoms with Gasteiger partial charge in [0.25, 0.3) is 0 Å². The quantitative estimate of drug-likeness (QED) is 0.367. The van der Waals surface area contributed by atoms with Gasteiger partial charge in [-0.15, -0.1) is 0 Å². The second-order valence-electron chi connectivity index (χ2n) is 1.80. The van der Waals surface area contributed by atoms with Gasteiger partial charge in [0, 0.05) is 0 Å². The van der Waals surface area contributed by atoms with Gasteiger partial charge in [0.15, 0.2) is 5.56 Å². The summed E-state index contributed by atoms with van der Waals surface area (Å²) >= 11 is 5.31. The van der Waals surface area contributed by atoms with Crippen LogP contribution < -0.4 is 0 Å². The molecule has 2 rings (SSSR count). The van der Waals surface area contributed by atoms with Gasteiger partial charge in [0.2, 0.25) is 0 Å². The first-order valence-corrected chi connectivity index (χ1v) is 3.11. The van der Waals surface area contributed by atoms with E-state index in [1.165, 1.54) is 0 Å². The summed E-state index contributed by atoms with van der Waals surface area (Å²) in [5.41, 5.74) is 0.0231. The van der Waals surface area contributed by atoms with E-state index in [-0.39, 0.29) is 5.56 Å². The van der Waals surface area contributed by atoms with Crippen molar-refractivity contribution in [3.63, 3.8) is 0 Å². The summed E-state index contributed by atoms with van der Waals surface area (Å²) < 4.78 is 9.18. The first-order valence-electron chi connectivity index (χ1n) is 2.68. The molecule has 2 unspecified atom stereocenters. The lowest BCUT2D eigenvalue weighted by Gasteiger charge is -1.55. The molecule has 2 aliphatic heterocycles. The molecule has 3 heteroatoms. The van der Waals surface area contributed by atoms with Gasteiger partial charge in [0.1, 0.15) is 0 Å². The number of hydrogen-bond acceptors (Lipinski definition) is 2. The number of ether oxygens (including phenoxy) is 2. The monoisotopic (exact) mass is 136 g/mol. The highest BCUT2D eigenvalue weighted by Gasteiger charge is 2.30. The number of hydrogen-bond donors (Lipinski definition) is 0. The van der Waals surface area contributed by atoms with Crippen LogP contribution in [0.5, 0.6) is 0 Å². The summed E-state index contributed by atoms with van der Waals surface area (Å²) in [7, 11) is 0. The molecular weight excluding hydrogens is 128 g/mol. The van der Waals surface area contributed by atoms with Crippen molar-refractivity contribution in [2.45, 2.75) is 18.6 Å². The minimum absolute atomic E-state index is 0.0231. The Morgan fingerprint density at radius 1 is 1.50 bits per heavy atom. The van der Waals surface area contributed by atoms with E-state index in [1.807, 2.05) is 6.92 Å². The molecule has 0 aliphatic carbocycles. The van der Waals surface area contributed by atoms with E-state index in [4.69, 9.17) is 11.6 Å². The molecule has 2 heterocycles. The molecule has 0 amide bonds. The lowest BCUT2D eigenvalue weighted by molar-refractivity contribution is 0.411. The van der Waals surface area contributed by atoms with Crippen molar-refractivity contribution >= 4 is 11.6 Å². The molecule has 0 bridgehead atoms. The highest BCUT2D eigenvalue weighted by molar-refractivity contribution is 6.21. The van der Waals surface area contributed by atoms with Gasteiger partial charge in [-0.25, -0.2) is 0 Å². The Kier molecular flexibility index (Phi) is 2.11. The first-order chi connectivity index (χ1) is 3.80. The van der Waals surface area contributed by atoms with Gasteiger partial charge in [0.05, 0.1) is 19.3 Å². The highest BCUT2D eigenvalue weighted by Crippen LogP contribution is 2.23. The summed E-state index contributed by atoms with van der Waals surface area (Å²) in [6.07, 6.45) is 0.316.